The van der Waals surface area contributed by atoms with Crippen molar-refractivity contribution in [3.05, 3.63) is 54.0 Å². The molecule has 1 fully saturated rings. The van der Waals surface area contributed by atoms with E-state index in [9.17, 15) is 9.18 Å². The molecule has 1 aromatic heterocycles. The lowest BCUT2D eigenvalue weighted by Crippen LogP contribution is -2.59. The molecule has 0 saturated carbocycles. The molecule has 1 saturated heterocycles. The summed E-state index contributed by atoms with van der Waals surface area (Å²) in [5.41, 5.74) is 6.44. The molecule has 0 aliphatic carbocycles. The number of fused-ring (bicyclic) bond motifs is 1. The fraction of sp³-hybridized carbons (Fsp3) is 0.294. The standard InChI is InChI=1S/C17H17FN4O2/c18-14-10-22(16(23)13-6-3-9-24-13)8-7-17(14)20-12-5-2-1-4-11(12)15(19)21-17/h1-6,9,14,20H,7-8,10H2,(H2,19,21)/t14-,17-/m0/s1. The third-order valence-corrected chi connectivity index (χ3v) is 4.56. The average molecular weight is 328 g/mol. The van der Waals surface area contributed by atoms with Crippen LogP contribution in [0.4, 0.5) is 10.1 Å². The first-order valence-corrected chi connectivity index (χ1v) is 7.79. The number of hydrogen-bond acceptors (Lipinski definition) is 5. The number of hydrogen-bond donors (Lipinski definition) is 2. The summed E-state index contributed by atoms with van der Waals surface area (Å²) in [6, 6.07) is 10.6. The van der Waals surface area contributed by atoms with Crippen LogP contribution < -0.4 is 11.1 Å². The van der Waals surface area contributed by atoms with Gasteiger partial charge in [-0.1, -0.05) is 12.1 Å². The summed E-state index contributed by atoms with van der Waals surface area (Å²) in [5, 5.41) is 3.18. The zero-order valence-electron chi connectivity index (χ0n) is 12.9. The molecule has 124 valence electrons. The van der Waals surface area contributed by atoms with Crippen LogP contribution in [0, 0.1) is 0 Å². The Morgan fingerprint density at radius 2 is 2.21 bits per heavy atom. The van der Waals surface area contributed by atoms with Crippen molar-refractivity contribution in [3.63, 3.8) is 0 Å². The minimum absolute atomic E-state index is 0.0640. The highest BCUT2D eigenvalue weighted by molar-refractivity contribution is 6.04. The first-order valence-electron chi connectivity index (χ1n) is 7.79. The van der Waals surface area contributed by atoms with Gasteiger partial charge in [0.2, 0.25) is 0 Å². The number of carbonyl (C=O) groups is 1. The Labute approximate surface area is 138 Å². The Morgan fingerprint density at radius 1 is 1.38 bits per heavy atom. The molecule has 24 heavy (non-hydrogen) atoms. The molecule has 1 aromatic carbocycles. The number of furan rings is 1. The second kappa shape index (κ2) is 5.36. The van der Waals surface area contributed by atoms with Gasteiger partial charge in [-0.2, -0.15) is 0 Å². The van der Waals surface area contributed by atoms with Gasteiger partial charge in [-0.15, -0.1) is 0 Å². The van der Waals surface area contributed by atoms with Gasteiger partial charge < -0.3 is 20.4 Å². The van der Waals surface area contributed by atoms with Crippen LogP contribution in [0.1, 0.15) is 22.5 Å². The van der Waals surface area contributed by atoms with Gasteiger partial charge >= 0.3 is 0 Å². The predicted octanol–water partition coefficient (Wildman–Crippen LogP) is 1.99. The van der Waals surface area contributed by atoms with E-state index >= 15 is 0 Å². The van der Waals surface area contributed by atoms with Gasteiger partial charge in [0.05, 0.1) is 12.8 Å². The van der Waals surface area contributed by atoms with Crippen molar-refractivity contribution in [3.8, 4) is 0 Å². The Bertz CT molecular complexity index is 805. The SMILES string of the molecule is NC1=N[C@]2(CCN(C(=O)c3ccco3)C[C@@H]2F)Nc2ccccc21. The summed E-state index contributed by atoms with van der Waals surface area (Å²) < 4.78 is 20.1. The van der Waals surface area contributed by atoms with E-state index in [0.717, 1.165) is 11.3 Å². The summed E-state index contributed by atoms with van der Waals surface area (Å²) in [4.78, 5) is 18.2. The van der Waals surface area contributed by atoms with E-state index in [1.807, 2.05) is 24.3 Å². The van der Waals surface area contributed by atoms with Crippen LogP contribution in [0.2, 0.25) is 0 Å². The van der Waals surface area contributed by atoms with Gasteiger partial charge in [-0.05, 0) is 24.3 Å². The van der Waals surface area contributed by atoms with Crippen LogP contribution in [0.25, 0.3) is 0 Å². The number of aliphatic imine (C=N–C) groups is 1. The molecule has 2 aliphatic rings. The number of rotatable bonds is 1. The van der Waals surface area contributed by atoms with E-state index in [-0.39, 0.29) is 18.2 Å². The number of halogens is 1. The number of amides is 1. The highest BCUT2D eigenvalue weighted by Gasteiger charge is 2.47. The van der Waals surface area contributed by atoms with Crippen LogP contribution in [-0.4, -0.2) is 41.6 Å². The molecule has 4 rings (SSSR count). The topological polar surface area (TPSA) is 83.9 Å². The summed E-state index contributed by atoms with van der Waals surface area (Å²) in [7, 11) is 0. The number of carbonyl (C=O) groups excluding carboxylic acids is 1. The summed E-state index contributed by atoms with van der Waals surface area (Å²) in [6.45, 7) is 0.303. The van der Waals surface area contributed by atoms with Crippen LogP contribution in [0.15, 0.2) is 52.1 Å². The molecular formula is C17H17FN4O2. The highest BCUT2D eigenvalue weighted by atomic mass is 19.1. The molecule has 1 spiro atoms. The number of piperidine rings is 1. The molecule has 7 heteroatoms. The van der Waals surface area contributed by atoms with E-state index in [0.29, 0.717) is 18.8 Å². The van der Waals surface area contributed by atoms with E-state index in [4.69, 9.17) is 10.2 Å². The third-order valence-electron chi connectivity index (χ3n) is 4.56. The quantitative estimate of drug-likeness (QED) is 0.838. The van der Waals surface area contributed by atoms with Gasteiger partial charge in [0.1, 0.15) is 5.84 Å². The van der Waals surface area contributed by atoms with Crippen LogP contribution >= 0.6 is 0 Å². The van der Waals surface area contributed by atoms with E-state index < -0.39 is 11.8 Å². The van der Waals surface area contributed by atoms with Crippen LogP contribution in [0.5, 0.6) is 0 Å². The number of alkyl halides is 1. The molecule has 0 bridgehead atoms. The van der Waals surface area contributed by atoms with Gasteiger partial charge in [-0.3, -0.25) is 4.79 Å². The average Bonchev–Trinajstić information content (AvgIpc) is 3.11. The Hall–Kier alpha value is -2.83. The number of benzene rings is 1. The summed E-state index contributed by atoms with van der Waals surface area (Å²) in [6.07, 6.45) is 0.378. The molecule has 0 radical (unpaired) electrons. The van der Waals surface area contributed by atoms with E-state index in [1.165, 1.54) is 11.2 Å². The predicted molar refractivity (Wildman–Crippen MR) is 87.6 cm³/mol. The van der Waals surface area contributed by atoms with Gasteiger partial charge in [0.15, 0.2) is 17.6 Å². The lowest BCUT2D eigenvalue weighted by atomic mass is 9.92. The lowest BCUT2D eigenvalue weighted by Gasteiger charge is -2.44. The lowest BCUT2D eigenvalue weighted by molar-refractivity contribution is 0.0467. The maximum Gasteiger partial charge on any atom is 0.289 e. The normalized spacial score (nSPS) is 25.8. The van der Waals surface area contributed by atoms with Crippen molar-refractivity contribution < 1.29 is 13.6 Å². The van der Waals surface area contributed by atoms with Gasteiger partial charge in [-0.25, -0.2) is 9.38 Å². The van der Waals surface area contributed by atoms with Gasteiger partial charge in [0, 0.05) is 24.2 Å². The summed E-state index contributed by atoms with van der Waals surface area (Å²) in [5.74, 6) is 0.214. The number of amidine groups is 1. The minimum atomic E-state index is -1.38. The maximum atomic E-state index is 15.0. The van der Waals surface area contributed by atoms with E-state index in [2.05, 4.69) is 10.3 Å². The maximum absolute atomic E-state index is 15.0. The Morgan fingerprint density at radius 3 is 2.96 bits per heavy atom. The van der Waals surface area contributed by atoms with Crippen molar-refractivity contribution in [1.82, 2.24) is 4.90 Å². The monoisotopic (exact) mass is 328 g/mol. The van der Waals surface area contributed by atoms with Crippen molar-refractivity contribution in [2.24, 2.45) is 10.7 Å². The smallest absolute Gasteiger partial charge is 0.289 e. The summed E-state index contributed by atoms with van der Waals surface area (Å²) >= 11 is 0. The van der Waals surface area contributed by atoms with Crippen molar-refractivity contribution in [1.29, 1.82) is 0 Å². The molecule has 3 heterocycles. The fourth-order valence-electron chi connectivity index (χ4n) is 3.26. The zero-order valence-corrected chi connectivity index (χ0v) is 12.9. The number of para-hydroxylation sites is 1. The minimum Gasteiger partial charge on any atom is -0.459 e. The van der Waals surface area contributed by atoms with Crippen molar-refractivity contribution in [2.45, 2.75) is 18.3 Å². The number of nitrogens with zero attached hydrogens (tertiary/aromatic N) is 2. The number of likely N-dealkylation sites (tertiary alicyclic amines) is 1. The molecular weight excluding hydrogens is 311 g/mol. The third kappa shape index (κ3) is 2.24. The van der Waals surface area contributed by atoms with E-state index in [1.54, 1.807) is 12.1 Å². The molecule has 6 nitrogen and oxygen atoms in total. The first kappa shape index (κ1) is 14.7. The van der Waals surface area contributed by atoms with Gasteiger partial charge in [0.25, 0.3) is 5.91 Å². The first-order chi connectivity index (χ1) is 11.6. The largest absolute Gasteiger partial charge is 0.459 e. The van der Waals surface area contributed by atoms with Crippen LogP contribution in [0.3, 0.4) is 0 Å². The Balaban J connectivity index is 1.58. The number of nitrogens with two attached hydrogens (primary N) is 1. The Kier molecular flexibility index (Phi) is 3.30. The molecule has 2 aromatic rings. The molecule has 2 atom stereocenters. The number of nitrogens with one attached hydrogen (secondary N) is 1. The highest BCUT2D eigenvalue weighted by Crippen LogP contribution is 2.36. The molecule has 3 N–H and O–H groups in total. The second-order valence-electron chi connectivity index (χ2n) is 6.04. The molecule has 2 aliphatic heterocycles. The van der Waals surface area contributed by atoms with Crippen molar-refractivity contribution in [2.75, 3.05) is 18.4 Å². The molecule has 1 amide bonds. The number of anilines is 1. The fourth-order valence-corrected chi connectivity index (χ4v) is 3.26. The molecule has 0 unspecified atom stereocenters. The van der Waals surface area contributed by atoms with Crippen LogP contribution in [-0.2, 0) is 0 Å². The van der Waals surface area contributed by atoms with Crippen molar-refractivity contribution >= 4 is 17.4 Å². The zero-order chi connectivity index (χ0) is 16.7. The second-order valence-corrected chi connectivity index (χ2v) is 6.04.